The molecule has 4 heteroatoms. The summed E-state index contributed by atoms with van der Waals surface area (Å²) >= 11 is 0. The number of aryl methyl sites for hydroxylation is 1. The van der Waals surface area contributed by atoms with E-state index in [4.69, 9.17) is 10.5 Å². The van der Waals surface area contributed by atoms with E-state index in [0.29, 0.717) is 19.5 Å². The van der Waals surface area contributed by atoms with E-state index in [1.54, 1.807) is 0 Å². The molecule has 0 radical (unpaired) electrons. The molecule has 0 saturated carbocycles. The Morgan fingerprint density at radius 2 is 2.10 bits per heavy atom. The van der Waals surface area contributed by atoms with Crippen LogP contribution in [0.25, 0.3) is 0 Å². The van der Waals surface area contributed by atoms with E-state index in [-0.39, 0.29) is 17.6 Å². The van der Waals surface area contributed by atoms with Gasteiger partial charge in [0.15, 0.2) is 0 Å². The molecule has 2 atom stereocenters. The van der Waals surface area contributed by atoms with Gasteiger partial charge in [-0.3, -0.25) is 4.79 Å². The van der Waals surface area contributed by atoms with Crippen LogP contribution in [0.5, 0.6) is 0 Å². The monoisotopic (exact) mass is 290 g/mol. The van der Waals surface area contributed by atoms with Crippen molar-refractivity contribution in [3.05, 3.63) is 35.9 Å². The fraction of sp³-hybridized carbons (Fsp3) is 0.588. The van der Waals surface area contributed by atoms with Crippen LogP contribution < -0.4 is 5.73 Å². The summed E-state index contributed by atoms with van der Waals surface area (Å²) in [6, 6.07) is 9.70. The van der Waals surface area contributed by atoms with Gasteiger partial charge in [-0.15, -0.1) is 0 Å². The number of amides is 1. The van der Waals surface area contributed by atoms with Crippen molar-refractivity contribution in [3.8, 4) is 0 Å². The molecule has 116 valence electrons. The highest BCUT2D eigenvalue weighted by molar-refractivity contribution is 5.81. The number of carbonyl (C=O) groups excluding carboxylic acids is 1. The molecule has 1 saturated heterocycles. The topological polar surface area (TPSA) is 55.6 Å². The number of carbonyl (C=O) groups is 1. The van der Waals surface area contributed by atoms with E-state index in [0.717, 1.165) is 6.42 Å². The summed E-state index contributed by atoms with van der Waals surface area (Å²) in [6.45, 7) is 7.25. The van der Waals surface area contributed by atoms with Crippen LogP contribution in [0, 0.1) is 0 Å². The standard InChI is InChI=1S/C17H26N2O2/c1-13-11-19(12-17(2,3)21-13)16(20)15(18)10-9-14-7-5-4-6-8-14/h4-8,13,15H,9-12,18H2,1-3H3/t13?,15-/m0/s1. The zero-order chi connectivity index (χ0) is 15.5. The Bertz CT molecular complexity index is 473. The highest BCUT2D eigenvalue weighted by Crippen LogP contribution is 2.21. The summed E-state index contributed by atoms with van der Waals surface area (Å²) in [5, 5.41) is 0. The average molecular weight is 290 g/mol. The Labute approximate surface area is 127 Å². The van der Waals surface area contributed by atoms with Crippen LogP contribution in [0.1, 0.15) is 32.8 Å². The van der Waals surface area contributed by atoms with Crippen LogP contribution in [0.15, 0.2) is 30.3 Å². The predicted molar refractivity (Wildman–Crippen MR) is 83.9 cm³/mol. The Kier molecular flexibility index (Phi) is 5.01. The third-order valence-corrected chi connectivity index (χ3v) is 3.79. The lowest BCUT2D eigenvalue weighted by atomic mass is 10.0. The highest BCUT2D eigenvalue weighted by Gasteiger charge is 2.35. The van der Waals surface area contributed by atoms with Crippen molar-refractivity contribution < 1.29 is 9.53 Å². The van der Waals surface area contributed by atoms with Gasteiger partial charge in [0.2, 0.25) is 5.91 Å². The van der Waals surface area contributed by atoms with Gasteiger partial charge in [-0.1, -0.05) is 30.3 Å². The average Bonchev–Trinajstić information content (AvgIpc) is 2.43. The summed E-state index contributed by atoms with van der Waals surface area (Å²) in [7, 11) is 0. The van der Waals surface area contributed by atoms with Gasteiger partial charge in [-0.05, 0) is 39.2 Å². The van der Waals surface area contributed by atoms with Crippen molar-refractivity contribution in [2.75, 3.05) is 13.1 Å². The molecular weight excluding hydrogens is 264 g/mol. The lowest BCUT2D eigenvalue weighted by Gasteiger charge is -2.42. The molecule has 1 unspecified atom stereocenters. The van der Waals surface area contributed by atoms with Crippen molar-refractivity contribution in [3.63, 3.8) is 0 Å². The molecule has 1 heterocycles. The van der Waals surface area contributed by atoms with E-state index < -0.39 is 6.04 Å². The summed E-state index contributed by atoms with van der Waals surface area (Å²) in [5.74, 6) is 0.0363. The molecule has 0 spiro atoms. The van der Waals surface area contributed by atoms with Crippen molar-refractivity contribution in [2.24, 2.45) is 5.73 Å². The van der Waals surface area contributed by atoms with E-state index in [1.165, 1.54) is 5.56 Å². The molecule has 1 aromatic carbocycles. The lowest BCUT2D eigenvalue weighted by molar-refractivity contribution is -0.159. The predicted octanol–water partition coefficient (Wildman–Crippen LogP) is 1.97. The fourth-order valence-corrected chi connectivity index (χ4v) is 2.95. The molecule has 21 heavy (non-hydrogen) atoms. The molecule has 1 aliphatic heterocycles. The minimum atomic E-state index is -0.439. The summed E-state index contributed by atoms with van der Waals surface area (Å²) in [5.41, 5.74) is 7.02. The van der Waals surface area contributed by atoms with Gasteiger partial charge in [-0.2, -0.15) is 0 Å². The maximum atomic E-state index is 12.5. The van der Waals surface area contributed by atoms with Crippen molar-refractivity contribution >= 4 is 5.91 Å². The Morgan fingerprint density at radius 3 is 2.71 bits per heavy atom. The number of hydrogen-bond donors (Lipinski definition) is 1. The van der Waals surface area contributed by atoms with Gasteiger partial charge >= 0.3 is 0 Å². The highest BCUT2D eigenvalue weighted by atomic mass is 16.5. The first kappa shape index (κ1) is 16.0. The van der Waals surface area contributed by atoms with Gasteiger partial charge < -0.3 is 15.4 Å². The largest absolute Gasteiger partial charge is 0.369 e. The van der Waals surface area contributed by atoms with E-state index >= 15 is 0 Å². The maximum absolute atomic E-state index is 12.5. The van der Waals surface area contributed by atoms with Crippen LogP contribution in [0.4, 0.5) is 0 Å². The van der Waals surface area contributed by atoms with Gasteiger partial charge in [0.25, 0.3) is 0 Å². The molecular formula is C17H26N2O2. The normalized spacial score (nSPS) is 22.9. The number of ether oxygens (including phenoxy) is 1. The number of morpholine rings is 1. The Morgan fingerprint density at radius 1 is 1.43 bits per heavy atom. The third-order valence-electron chi connectivity index (χ3n) is 3.79. The minimum Gasteiger partial charge on any atom is -0.369 e. The molecule has 0 bridgehead atoms. The van der Waals surface area contributed by atoms with Crippen LogP contribution in [-0.4, -0.2) is 41.6 Å². The quantitative estimate of drug-likeness (QED) is 0.922. The van der Waals surface area contributed by atoms with Crippen LogP contribution in [0.2, 0.25) is 0 Å². The Balaban J connectivity index is 1.90. The van der Waals surface area contributed by atoms with E-state index in [9.17, 15) is 4.79 Å². The molecule has 1 aliphatic rings. The van der Waals surface area contributed by atoms with Gasteiger partial charge in [0.05, 0.1) is 17.7 Å². The van der Waals surface area contributed by atoms with E-state index in [2.05, 4.69) is 12.1 Å². The zero-order valence-electron chi connectivity index (χ0n) is 13.2. The summed E-state index contributed by atoms with van der Waals surface area (Å²) in [4.78, 5) is 14.3. The molecule has 1 aromatic rings. The first-order valence-electron chi connectivity index (χ1n) is 7.63. The van der Waals surface area contributed by atoms with E-state index in [1.807, 2.05) is 43.9 Å². The number of nitrogens with two attached hydrogens (primary N) is 1. The van der Waals surface area contributed by atoms with Crippen LogP contribution in [-0.2, 0) is 16.0 Å². The lowest BCUT2D eigenvalue weighted by Crippen LogP contribution is -2.57. The molecule has 0 aliphatic carbocycles. The smallest absolute Gasteiger partial charge is 0.239 e. The number of nitrogens with zero attached hydrogens (tertiary/aromatic N) is 1. The molecule has 4 nitrogen and oxygen atoms in total. The third kappa shape index (κ3) is 4.55. The van der Waals surface area contributed by atoms with Crippen molar-refractivity contribution in [1.29, 1.82) is 0 Å². The number of rotatable bonds is 4. The molecule has 1 fully saturated rings. The van der Waals surface area contributed by atoms with Crippen LogP contribution in [0.3, 0.4) is 0 Å². The first-order valence-corrected chi connectivity index (χ1v) is 7.63. The number of benzene rings is 1. The maximum Gasteiger partial charge on any atom is 0.239 e. The van der Waals surface area contributed by atoms with Gasteiger partial charge in [0.1, 0.15) is 0 Å². The zero-order valence-corrected chi connectivity index (χ0v) is 13.2. The molecule has 1 amide bonds. The second-order valence-electron chi connectivity index (χ2n) is 6.54. The molecule has 0 aromatic heterocycles. The van der Waals surface area contributed by atoms with Crippen molar-refractivity contribution in [1.82, 2.24) is 4.90 Å². The van der Waals surface area contributed by atoms with Gasteiger partial charge in [-0.25, -0.2) is 0 Å². The minimum absolute atomic E-state index is 0.0363. The fourth-order valence-electron chi connectivity index (χ4n) is 2.95. The Hall–Kier alpha value is -1.39. The second kappa shape index (κ2) is 6.58. The SMILES string of the molecule is CC1CN(C(=O)[C@@H](N)CCc2ccccc2)CC(C)(C)O1. The second-order valence-corrected chi connectivity index (χ2v) is 6.54. The van der Waals surface area contributed by atoms with Gasteiger partial charge in [0, 0.05) is 13.1 Å². The number of hydrogen-bond acceptors (Lipinski definition) is 3. The summed E-state index contributed by atoms with van der Waals surface area (Å²) in [6.07, 6.45) is 1.56. The van der Waals surface area contributed by atoms with Crippen molar-refractivity contribution in [2.45, 2.75) is 51.4 Å². The summed E-state index contributed by atoms with van der Waals surface area (Å²) < 4.78 is 5.83. The molecule has 2 rings (SSSR count). The molecule has 2 N–H and O–H groups in total. The van der Waals surface area contributed by atoms with Crippen LogP contribution >= 0.6 is 0 Å². The first-order chi connectivity index (χ1) is 9.87.